The molecule has 0 fully saturated rings. The number of nitrogens with one attached hydrogen (secondary N) is 1. The van der Waals surface area contributed by atoms with E-state index in [2.05, 4.69) is 28.0 Å². The molecule has 0 atom stereocenters. The van der Waals surface area contributed by atoms with Crippen LogP contribution in [0.15, 0.2) is 12.4 Å². The SMILES string of the molecule is CCc1nccn1CCCCCNC. The molecule has 1 heterocycles. The maximum atomic E-state index is 4.30. The molecule has 0 aliphatic rings. The zero-order valence-electron chi connectivity index (χ0n) is 9.29. The number of rotatable bonds is 7. The van der Waals surface area contributed by atoms with Gasteiger partial charge in [0.1, 0.15) is 5.82 Å². The van der Waals surface area contributed by atoms with Gasteiger partial charge in [0.15, 0.2) is 0 Å². The zero-order chi connectivity index (χ0) is 10.2. The summed E-state index contributed by atoms with van der Waals surface area (Å²) in [6.45, 7) is 4.40. The third-order valence-corrected chi connectivity index (χ3v) is 2.44. The van der Waals surface area contributed by atoms with Crippen molar-refractivity contribution in [2.45, 2.75) is 39.2 Å². The van der Waals surface area contributed by atoms with Crippen molar-refractivity contribution in [3.63, 3.8) is 0 Å². The van der Waals surface area contributed by atoms with E-state index in [1.54, 1.807) is 0 Å². The smallest absolute Gasteiger partial charge is 0.108 e. The molecule has 1 rings (SSSR count). The Morgan fingerprint density at radius 2 is 2.21 bits per heavy atom. The van der Waals surface area contributed by atoms with Gasteiger partial charge >= 0.3 is 0 Å². The van der Waals surface area contributed by atoms with Crippen LogP contribution < -0.4 is 5.32 Å². The molecule has 0 aliphatic carbocycles. The Labute approximate surface area is 86.5 Å². The van der Waals surface area contributed by atoms with E-state index in [1.807, 2.05) is 13.2 Å². The number of imidazole rings is 1. The molecule has 0 spiro atoms. The lowest BCUT2D eigenvalue weighted by molar-refractivity contribution is 0.561. The Balaban J connectivity index is 2.17. The summed E-state index contributed by atoms with van der Waals surface area (Å²) in [5.41, 5.74) is 0. The lowest BCUT2D eigenvalue weighted by Gasteiger charge is -2.05. The number of unbranched alkanes of at least 4 members (excludes halogenated alkanes) is 2. The van der Waals surface area contributed by atoms with E-state index in [-0.39, 0.29) is 0 Å². The van der Waals surface area contributed by atoms with Crippen molar-refractivity contribution in [1.29, 1.82) is 0 Å². The minimum Gasteiger partial charge on any atom is -0.335 e. The molecule has 0 bridgehead atoms. The van der Waals surface area contributed by atoms with E-state index in [0.29, 0.717) is 0 Å². The molecule has 0 amide bonds. The van der Waals surface area contributed by atoms with Crippen LogP contribution in [0.3, 0.4) is 0 Å². The molecule has 3 nitrogen and oxygen atoms in total. The van der Waals surface area contributed by atoms with E-state index in [4.69, 9.17) is 0 Å². The quantitative estimate of drug-likeness (QED) is 0.673. The van der Waals surface area contributed by atoms with Crippen LogP contribution >= 0.6 is 0 Å². The molecule has 0 aromatic carbocycles. The molecule has 1 aromatic rings. The Morgan fingerprint density at radius 1 is 1.36 bits per heavy atom. The van der Waals surface area contributed by atoms with Gasteiger partial charge in [-0.1, -0.05) is 13.3 Å². The highest BCUT2D eigenvalue weighted by Crippen LogP contribution is 2.03. The second-order valence-electron chi connectivity index (χ2n) is 3.55. The van der Waals surface area contributed by atoms with Crippen LogP contribution in [0, 0.1) is 0 Å². The average Bonchev–Trinajstić information content (AvgIpc) is 2.65. The van der Waals surface area contributed by atoms with Crippen molar-refractivity contribution in [2.75, 3.05) is 13.6 Å². The normalized spacial score (nSPS) is 10.7. The fraction of sp³-hybridized carbons (Fsp3) is 0.727. The van der Waals surface area contributed by atoms with Crippen molar-refractivity contribution >= 4 is 0 Å². The summed E-state index contributed by atoms with van der Waals surface area (Å²) >= 11 is 0. The van der Waals surface area contributed by atoms with Crippen LogP contribution in [-0.4, -0.2) is 23.1 Å². The Hall–Kier alpha value is -0.830. The molecule has 1 N–H and O–H groups in total. The van der Waals surface area contributed by atoms with Crippen molar-refractivity contribution in [2.24, 2.45) is 0 Å². The summed E-state index contributed by atoms with van der Waals surface area (Å²) in [5.74, 6) is 1.21. The third-order valence-electron chi connectivity index (χ3n) is 2.44. The van der Waals surface area contributed by atoms with Crippen LogP contribution in [0.4, 0.5) is 0 Å². The minimum absolute atomic E-state index is 1.03. The summed E-state index contributed by atoms with van der Waals surface area (Å²) in [4.78, 5) is 4.30. The molecule has 3 heteroatoms. The molecular formula is C11H21N3. The van der Waals surface area contributed by atoms with Gasteiger partial charge in [-0.2, -0.15) is 0 Å². The Morgan fingerprint density at radius 3 is 2.93 bits per heavy atom. The topological polar surface area (TPSA) is 29.9 Å². The summed E-state index contributed by atoms with van der Waals surface area (Å²) in [5, 5.41) is 3.16. The first-order valence-corrected chi connectivity index (χ1v) is 5.53. The summed E-state index contributed by atoms with van der Waals surface area (Å²) in [7, 11) is 2.01. The third kappa shape index (κ3) is 3.50. The van der Waals surface area contributed by atoms with E-state index in [0.717, 1.165) is 19.5 Å². The molecule has 80 valence electrons. The van der Waals surface area contributed by atoms with Crippen LogP contribution in [-0.2, 0) is 13.0 Å². The van der Waals surface area contributed by atoms with Gasteiger partial charge in [0.25, 0.3) is 0 Å². The molecule has 0 aliphatic heterocycles. The lowest BCUT2D eigenvalue weighted by Crippen LogP contribution is -2.08. The molecule has 0 unspecified atom stereocenters. The monoisotopic (exact) mass is 195 g/mol. The highest BCUT2D eigenvalue weighted by molar-refractivity contribution is 4.91. The number of aryl methyl sites for hydroxylation is 2. The minimum atomic E-state index is 1.03. The largest absolute Gasteiger partial charge is 0.335 e. The fourth-order valence-electron chi connectivity index (χ4n) is 1.62. The van der Waals surface area contributed by atoms with Gasteiger partial charge in [-0.3, -0.25) is 0 Å². The van der Waals surface area contributed by atoms with Crippen LogP contribution in [0.5, 0.6) is 0 Å². The van der Waals surface area contributed by atoms with Gasteiger partial charge in [-0.25, -0.2) is 4.98 Å². The second kappa shape index (κ2) is 6.60. The van der Waals surface area contributed by atoms with Gasteiger partial charge in [-0.15, -0.1) is 0 Å². The summed E-state index contributed by atoms with van der Waals surface area (Å²) in [6, 6.07) is 0. The van der Waals surface area contributed by atoms with Gasteiger partial charge in [0, 0.05) is 25.4 Å². The highest BCUT2D eigenvalue weighted by Gasteiger charge is 1.98. The number of nitrogens with zero attached hydrogens (tertiary/aromatic N) is 2. The molecule has 0 saturated carbocycles. The van der Waals surface area contributed by atoms with Crippen molar-refractivity contribution in [3.05, 3.63) is 18.2 Å². The first-order chi connectivity index (χ1) is 6.88. The number of hydrogen-bond acceptors (Lipinski definition) is 2. The predicted molar refractivity (Wildman–Crippen MR) is 59.4 cm³/mol. The fourth-order valence-corrected chi connectivity index (χ4v) is 1.62. The zero-order valence-corrected chi connectivity index (χ0v) is 9.29. The van der Waals surface area contributed by atoms with Gasteiger partial charge in [0.05, 0.1) is 0 Å². The number of hydrogen-bond donors (Lipinski definition) is 1. The van der Waals surface area contributed by atoms with Crippen LogP contribution in [0.2, 0.25) is 0 Å². The van der Waals surface area contributed by atoms with Crippen molar-refractivity contribution < 1.29 is 0 Å². The first kappa shape index (κ1) is 11.2. The summed E-state index contributed by atoms with van der Waals surface area (Å²) < 4.78 is 2.26. The maximum Gasteiger partial charge on any atom is 0.108 e. The molecule has 14 heavy (non-hydrogen) atoms. The lowest BCUT2D eigenvalue weighted by atomic mass is 10.2. The van der Waals surface area contributed by atoms with Crippen molar-refractivity contribution in [1.82, 2.24) is 14.9 Å². The van der Waals surface area contributed by atoms with Gasteiger partial charge in [-0.05, 0) is 26.4 Å². The molecule has 0 saturated heterocycles. The maximum absolute atomic E-state index is 4.30. The Bertz CT molecular complexity index is 242. The second-order valence-corrected chi connectivity index (χ2v) is 3.55. The molecular weight excluding hydrogens is 174 g/mol. The molecule has 0 radical (unpaired) electrons. The highest BCUT2D eigenvalue weighted by atomic mass is 15.1. The Kier molecular flexibility index (Phi) is 5.30. The molecule has 1 aromatic heterocycles. The van der Waals surface area contributed by atoms with Gasteiger partial charge in [0.2, 0.25) is 0 Å². The predicted octanol–water partition coefficient (Wildman–Crippen LogP) is 1.84. The van der Waals surface area contributed by atoms with Crippen LogP contribution in [0.25, 0.3) is 0 Å². The standard InChI is InChI=1S/C11H21N3/c1-3-11-13-8-10-14(11)9-6-4-5-7-12-2/h8,10,12H,3-7,9H2,1-2H3. The van der Waals surface area contributed by atoms with E-state index < -0.39 is 0 Å². The summed E-state index contributed by atoms with van der Waals surface area (Å²) in [6.07, 6.45) is 8.83. The van der Waals surface area contributed by atoms with E-state index in [1.165, 1.54) is 25.1 Å². The number of aromatic nitrogens is 2. The van der Waals surface area contributed by atoms with Crippen LogP contribution in [0.1, 0.15) is 32.0 Å². The van der Waals surface area contributed by atoms with Gasteiger partial charge < -0.3 is 9.88 Å². The average molecular weight is 195 g/mol. The van der Waals surface area contributed by atoms with E-state index >= 15 is 0 Å². The van der Waals surface area contributed by atoms with E-state index in [9.17, 15) is 0 Å². The first-order valence-electron chi connectivity index (χ1n) is 5.53. The van der Waals surface area contributed by atoms with Crippen molar-refractivity contribution in [3.8, 4) is 0 Å².